The summed E-state index contributed by atoms with van der Waals surface area (Å²) in [7, 11) is 0. The van der Waals surface area contributed by atoms with E-state index in [4.69, 9.17) is 9.97 Å². The Morgan fingerprint density at radius 2 is 0.971 bits per heavy atom. The summed E-state index contributed by atoms with van der Waals surface area (Å²) in [4.78, 5) is 10.1. The molecule has 0 unspecified atom stereocenters. The molecule has 0 fully saturated rings. The smallest absolute Gasteiger partial charge is 0.217 e. The second-order valence-corrected chi connectivity index (χ2v) is 9.45. The van der Waals surface area contributed by atoms with E-state index in [2.05, 4.69) is 105 Å². The van der Waals surface area contributed by atoms with E-state index >= 15 is 0 Å². The summed E-state index contributed by atoms with van der Waals surface area (Å²) in [5, 5.41) is 0. The molecule has 0 radical (unpaired) electrons. The van der Waals surface area contributed by atoms with Gasteiger partial charge in [-0.05, 0) is 73.5 Å². The highest BCUT2D eigenvalue weighted by molar-refractivity contribution is 5.92. The number of hydrogen-bond acceptors (Lipinski definition) is 2. The average molecular weight is 455 g/mol. The molecule has 8 rings (SSSR count). The Bertz CT molecular complexity index is 1960. The highest BCUT2D eigenvalue weighted by atomic mass is 15.3. The van der Waals surface area contributed by atoms with Crippen molar-refractivity contribution in [3.63, 3.8) is 0 Å². The standard InChI is InChI=1S/C29H22N6/c1-18-11-13-24-26(15-18)34-22-9-5-3-7-20(22)30-28(34)32(24)17-33-25-14-12-19(2)16-27(25)35-23-10-6-4-8-21(23)31-29(33)35/h3-16H,17H2,1-2H3. The lowest BCUT2D eigenvalue weighted by molar-refractivity contribution is 0.665. The lowest BCUT2D eigenvalue weighted by Gasteiger charge is -2.09. The zero-order valence-corrected chi connectivity index (χ0v) is 19.5. The SMILES string of the molecule is Cc1ccc2c(c1)n1c3ccccc3nc1n2Cn1c2ccc(C)cc2n2c3ccccc3nc12. The van der Waals surface area contributed by atoms with Gasteiger partial charge >= 0.3 is 0 Å². The normalized spacial score (nSPS) is 12.4. The Balaban J connectivity index is 1.50. The van der Waals surface area contributed by atoms with Crippen molar-refractivity contribution in [3.05, 3.63) is 96.1 Å². The first-order valence-electron chi connectivity index (χ1n) is 11.9. The van der Waals surface area contributed by atoms with E-state index in [9.17, 15) is 0 Å². The molecule has 0 atom stereocenters. The van der Waals surface area contributed by atoms with Crippen LogP contribution >= 0.6 is 0 Å². The van der Waals surface area contributed by atoms with Crippen LogP contribution in [0.5, 0.6) is 0 Å². The molecule has 168 valence electrons. The van der Waals surface area contributed by atoms with Gasteiger partial charge in [-0.15, -0.1) is 0 Å². The van der Waals surface area contributed by atoms with Crippen molar-refractivity contribution in [1.29, 1.82) is 0 Å². The molecule has 8 aromatic rings. The monoisotopic (exact) mass is 454 g/mol. The van der Waals surface area contributed by atoms with Gasteiger partial charge < -0.3 is 0 Å². The number of aromatic nitrogens is 6. The van der Waals surface area contributed by atoms with E-state index in [1.807, 2.05) is 12.1 Å². The maximum atomic E-state index is 5.06. The van der Waals surface area contributed by atoms with Crippen LogP contribution in [0.4, 0.5) is 0 Å². The number of rotatable bonds is 2. The van der Waals surface area contributed by atoms with Gasteiger partial charge in [0.05, 0.1) is 44.1 Å². The van der Waals surface area contributed by atoms with Gasteiger partial charge in [-0.2, -0.15) is 0 Å². The van der Waals surface area contributed by atoms with Gasteiger partial charge in [0.25, 0.3) is 0 Å². The van der Waals surface area contributed by atoms with Gasteiger partial charge in [-0.25, -0.2) is 9.97 Å². The molecule has 6 nitrogen and oxygen atoms in total. The Morgan fingerprint density at radius 1 is 0.514 bits per heavy atom. The van der Waals surface area contributed by atoms with Crippen LogP contribution in [0.1, 0.15) is 11.1 Å². The van der Waals surface area contributed by atoms with Crippen LogP contribution < -0.4 is 0 Å². The van der Waals surface area contributed by atoms with E-state index < -0.39 is 0 Å². The molecule has 0 saturated carbocycles. The minimum absolute atomic E-state index is 0.610. The second kappa shape index (κ2) is 6.51. The lowest BCUT2D eigenvalue weighted by atomic mass is 10.2. The number of imidazole rings is 4. The molecule has 4 aromatic heterocycles. The summed E-state index contributed by atoms with van der Waals surface area (Å²) < 4.78 is 9.19. The van der Waals surface area contributed by atoms with Crippen molar-refractivity contribution in [2.24, 2.45) is 0 Å². The highest BCUT2D eigenvalue weighted by Crippen LogP contribution is 2.30. The molecule has 6 heteroatoms. The van der Waals surface area contributed by atoms with Crippen LogP contribution in [-0.2, 0) is 6.67 Å². The summed E-state index contributed by atoms with van der Waals surface area (Å²) in [6, 6.07) is 30.0. The zero-order chi connectivity index (χ0) is 23.3. The van der Waals surface area contributed by atoms with Crippen molar-refractivity contribution in [3.8, 4) is 0 Å². The molecular formula is C29H22N6. The minimum atomic E-state index is 0.610. The first-order valence-corrected chi connectivity index (χ1v) is 11.9. The predicted molar refractivity (Wildman–Crippen MR) is 141 cm³/mol. The van der Waals surface area contributed by atoms with E-state index in [0.29, 0.717) is 6.67 Å². The van der Waals surface area contributed by atoms with E-state index in [0.717, 1.165) is 44.7 Å². The Hall–Kier alpha value is -4.58. The van der Waals surface area contributed by atoms with Crippen molar-refractivity contribution in [2.75, 3.05) is 0 Å². The molecule has 4 heterocycles. The van der Waals surface area contributed by atoms with Crippen LogP contribution in [0.3, 0.4) is 0 Å². The highest BCUT2D eigenvalue weighted by Gasteiger charge is 2.20. The summed E-state index contributed by atoms with van der Waals surface area (Å²) in [5.41, 5.74) is 11.4. The number of aryl methyl sites for hydroxylation is 2. The topological polar surface area (TPSA) is 44.5 Å². The van der Waals surface area contributed by atoms with E-state index in [1.165, 1.54) is 22.2 Å². The fraction of sp³-hybridized carbons (Fsp3) is 0.103. The molecule has 0 amide bonds. The van der Waals surface area contributed by atoms with Gasteiger partial charge in [-0.3, -0.25) is 17.9 Å². The van der Waals surface area contributed by atoms with Gasteiger partial charge in [0.2, 0.25) is 11.6 Å². The third-order valence-corrected chi connectivity index (χ3v) is 7.18. The van der Waals surface area contributed by atoms with Gasteiger partial charge in [0.15, 0.2) is 0 Å². The number of fused-ring (bicyclic) bond motifs is 10. The fourth-order valence-electron chi connectivity index (χ4n) is 5.58. The molecule has 0 N–H and O–H groups in total. The van der Waals surface area contributed by atoms with Crippen molar-refractivity contribution >= 4 is 55.7 Å². The largest absolute Gasteiger partial charge is 0.291 e. The molecule has 0 spiro atoms. The lowest BCUT2D eigenvalue weighted by Crippen LogP contribution is -2.09. The molecule has 0 aliphatic heterocycles. The molecule has 35 heavy (non-hydrogen) atoms. The molecule has 4 aromatic carbocycles. The van der Waals surface area contributed by atoms with Crippen molar-refractivity contribution < 1.29 is 0 Å². The summed E-state index contributed by atoms with van der Waals surface area (Å²) >= 11 is 0. The molecular weight excluding hydrogens is 432 g/mol. The summed E-state index contributed by atoms with van der Waals surface area (Å²) in [5.74, 6) is 1.88. The van der Waals surface area contributed by atoms with Crippen LogP contribution in [-0.4, -0.2) is 27.9 Å². The first kappa shape index (κ1) is 18.8. The summed E-state index contributed by atoms with van der Waals surface area (Å²) in [6.07, 6.45) is 0. The molecule has 0 saturated heterocycles. The van der Waals surface area contributed by atoms with E-state index in [1.54, 1.807) is 0 Å². The van der Waals surface area contributed by atoms with Crippen molar-refractivity contribution in [1.82, 2.24) is 27.9 Å². The average Bonchev–Trinajstić information content (AvgIpc) is 3.57. The van der Waals surface area contributed by atoms with Gasteiger partial charge in [0, 0.05) is 0 Å². The Kier molecular flexibility index (Phi) is 3.50. The van der Waals surface area contributed by atoms with Crippen LogP contribution in [0, 0.1) is 13.8 Å². The van der Waals surface area contributed by atoms with Crippen molar-refractivity contribution in [2.45, 2.75) is 20.5 Å². The maximum absolute atomic E-state index is 5.06. The number of para-hydroxylation sites is 4. The van der Waals surface area contributed by atoms with Crippen LogP contribution in [0.2, 0.25) is 0 Å². The summed E-state index contributed by atoms with van der Waals surface area (Å²) in [6.45, 7) is 4.89. The first-order chi connectivity index (χ1) is 17.2. The molecule has 0 aliphatic carbocycles. The van der Waals surface area contributed by atoms with Crippen LogP contribution in [0.25, 0.3) is 55.7 Å². The fourth-order valence-corrected chi connectivity index (χ4v) is 5.58. The third-order valence-electron chi connectivity index (χ3n) is 7.18. The number of nitrogens with zero attached hydrogens (tertiary/aromatic N) is 6. The number of benzene rings is 4. The molecule has 0 bridgehead atoms. The quantitative estimate of drug-likeness (QED) is 0.307. The Labute approximate surface area is 200 Å². The minimum Gasteiger partial charge on any atom is -0.291 e. The van der Waals surface area contributed by atoms with Crippen LogP contribution in [0.15, 0.2) is 84.9 Å². The van der Waals surface area contributed by atoms with Gasteiger partial charge in [-0.1, -0.05) is 36.4 Å². The Morgan fingerprint density at radius 3 is 1.46 bits per heavy atom. The number of hydrogen-bond donors (Lipinski definition) is 0. The second-order valence-electron chi connectivity index (χ2n) is 9.45. The third kappa shape index (κ3) is 2.43. The maximum Gasteiger partial charge on any atom is 0.217 e. The molecule has 0 aliphatic rings. The predicted octanol–water partition coefficient (Wildman–Crippen LogP) is 6.32. The van der Waals surface area contributed by atoms with E-state index in [-0.39, 0.29) is 0 Å². The zero-order valence-electron chi connectivity index (χ0n) is 19.5. The van der Waals surface area contributed by atoms with Gasteiger partial charge in [0.1, 0.15) is 6.67 Å².